The number of fused-ring (bicyclic) bond motifs is 1. The van der Waals surface area contributed by atoms with E-state index in [4.69, 9.17) is 23.7 Å². The SMILES string of the molecule is COC1C[C@@H](C)CC[C@@H](C)[C@](C)(O)C(=O)C(=O)N2CCCC[C@H]2C(=O)O[C@H]([C@H](C)C[C@@H]2CC[C@@H](OCCO)[C@H](OC)C2)CC(=O)C(C)/C=C(\C)[C@@H](O)[C@@H](OC)C(=O)C(C)CC(C)/C=C/C=C/C=C1C. The van der Waals surface area contributed by atoms with Crippen LogP contribution in [-0.2, 0) is 47.7 Å². The zero-order valence-corrected chi connectivity index (χ0v) is 44.0. The number of aliphatic hydroxyl groups excluding tert-OH is 2. The number of amides is 1. The van der Waals surface area contributed by atoms with Gasteiger partial charge in [0, 0.05) is 46.1 Å². The number of piperidine rings is 1. The zero-order valence-electron chi connectivity index (χ0n) is 44.0. The van der Waals surface area contributed by atoms with Crippen LogP contribution in [0.1, 0.15) is 139 Å². The normalized spacial score (nSPS) is 37.6. The number of Topliss-reactive ketones (excluding diaryl/α,β-unsaturated/α-hetero) is 3. The summed E-state index contributed by atoms with van der Waals surface area (Å²) in [6, 6.07) is -1.09. The van der Waals surface area contributed by atoms with Gasteiger partial charge in [0.15, 0.2) is 5.78 Å². The van der Waals surface area contributed by atoms with Gasteiger partial charge in [-0.15, -0.1) is 0 Å². The molecule has 14 heteroatoms. The van der Waals surface area contributed by atoms with Crippen molar-refractivity contribution >= 4 is 29.2 Å². The molecule has 2 fully saturated rings. The molecule has 15 atom stereocenters. The number of ketones is 3. The molecular weight excluding hydrogens is 883 g/mol. The van der Waals surface area contributed by atoms with Gasteiger partial charge in [0.05, 0.1) is 31.5 Å². The first kappa shape index (κ1) is 59.9. The Morgan fingerprint density at radius 1 is 0.841 bits per heavy atom. The third-order valence-electron chi connectivity index (χ3n) is 15.3. The van der Waals surface area contributed by atoms with Crippen molar-refractivity contribution < 1.29 is 63.0 Å². The Balaban J connectivity index is 2.01. The van der Waals surface area contributed by atoms with Crippen LogP contribution in [0.25, 0.3) is 0 Å². The second kappa shape index (κ2) is 29.2. The second-order valence-corrected chi connectivity index (χ2v) is 21.0. The van der Waals surface area contributed by atoms with Crippen LogP contribution in [0.3, 0.4) is 0 Å². The van der Waals surface area contributed by atoms with Crippen molar-refractivity contribution in [1.82, 2.24) is 4.90 Å². The lowest BCUT2D eigenvalue weighted by Crippen LogP contribution is -2.57. The van der Waals surface area contributed by atoms with E-state index in [0.717, 1.165) is 12.0 Å². The number of nitrogens with zero attached hydrogens (tertiary/aromatic N) is 1. The lowest BCUT2D eigenvalue weighted by Gasteiger charge is -2.38. The fourth-order valence-electron chi connectivity index (χ4n) is 10.3. The number of hydrogen-bond donors (Lipinski definition) is 3. The van der Waals surface area contributed by atoms with Crippen molar-refractivity contribution in [1.29, 1.82) is 0 Å². The molecule has 14 nitrogen and oxygen atoms in total. The van der Waals surface area contributed by atoms with Crippen LogP contribution < -0.4 is 0 Å². The molecule has 1 saturated heterocycles. The molecule has 1 aliphatic carbocycles. The summed E-state index contributed by atoms with van der Waals surface area (Å²) in [5, 5.41) is 32.6. The van der Waals surface area contributed by atoms with E-state index < -0.39 is 65.4 Å². The predicted octanol–water partition coefficient (Wildman–Crippen LogP) is 7.50. The average Bonchev–Trinajstić information content (AvgIpc) is 3.32. The van der Waals surface area contributed by atoms with Crippen molar-refractivity contribution in [2.24, 2.45) is 41.4 Å². The van der Waals surface area contributed by atoms with Crippen molar-refractivity contribution in [2.45, 2.75) is 188 Å². The number of cyclic esters (lactones) is 1. The molecule has 2 heterocycles. The lowest BCUT2D eigenvalue weighted by molar-refractivity contribution is -0.169. The minimum Gasteiger partial charge on any atom is -0.460 e. The molecule has 3 rings (SSSR count). The molecule has 0 aromatic rings. The maximum absolute atomic E-state index is 14.4. The monoisotopic (exact) mass is 972 g/mol. The largest absolute Gasteiger partial charge is 0.460 e. The van der Waals surface area contributed by atoms with Crippen molar-refractivity contribution in [3.8, 4) is 0 Å². The standard InChI is InChI=1S/C55H89NO13/c1-34-18-14-13-15-19-36(3)46(65-10)29-35(2)21-22-41(8)55(9,64)52(61)53(62)56-25-17-16-20-43(56)54(63)69-47(38(5)31-42-23-24-45(68-27-26-57)48(32-42)66-11)33-44(58)37(4)30-40(7)50(60)51(67-12)49(59)39(6)28-34/h13-15,18-19,30,34-35,37-39,41-43,45-48,50-51,57,60,64H,16-17,20-29,31-33H2,1-12H3/b15-13+,18-14+,36-19?,40-30+/t34?,35-,37?,38+,39?,41+,42-,43-,45+,46?,47-,48+,50+,51-,55-/m0/s1. The predicted molar refractivity (Wildman–Crippen MR) is 266 cm³/mol. The molecule has 3 aliphatic rings. The van der Waals surface area contributed by atoms with Gasteiger partial charge >= 0.3 is 5.97 Å². The van der Waals surface area contributed by atoms with Crippen LogP contribution in [0.4, 0.5) is 0 Å². The maximum atomic E-state index is 14.4. The van der Waals surface area contributed by atoms with Gasteiger partial charge in [-0.25, -0.2) is 4.79 Å². The summed E-state index contributed by atoms with van der Waals surface area (Å²) in [6.45, 7) is 16.7. The first-order valence-electron chi connectivity index (χ1n) is 25.6. The van der Waals surface area contributed by atoms with Gasteiger partial charge in [0.1, 0.15) is 35.7 Å². The topological polar surface area (TPSA) is 195 Å². The minimum atomic E-state index is -2.00. The van der Waals surface area contributed by atoms with Gasteiger partial charge in [0.2, 0.25) is 0 Å². The van der Waals surface area contributed by atoms with Gasteiger partial charge in [-0.3, -0.25) is 19.2 Å². The molecule has 69 heavy (non-hydrogen) atoms. The van der Waals surface area contributed by atoms with Gasteiger partial charge in [-0.2, -0.15) is 0 Å². The van der Waals surface area contributed by atoms with E-state index in [1.807, 2.05) is 58.1 Å². The number of allylic oxidation sites excluding steroid dienone is 6. The van der Waals surface area contributed by atoms with E-state index in [-0.39, 0.29) is 86.2 Å². The first-order valence-corrected chi connectivity index (χ1v) is 25.6. The van der Waals surface area contributed by atoms with Crippen LogP contribution in [-0.4, -0.2) is 139 Å². The molecule has 4 unspecified atom stereocenters. The fourth-order valence-corrected chi connectivity index (χ4v) is 10.3. The smallest absolute Gasteiger partial charge is 0.329 e. The Morgan fingerprint density at radius 2 is 1.55 bits per heavy atom. The number of esters is 1. The molecule has 1 amide bonds. The van der Waals surface area contributed by atoms with E-state index in [0.29, 0.717) is 63.4 Å². The van der Waals surface area contributed by atoms with E-state index in [9.17, 15) is 39.3 Å². The Kier molecular flexibility index (Phi) is 25.4. The Labute approximate surface area is 413 Å². The van der Waals surface area contributed by atoms with E-state index >= 15 is 0 Å². The first-order chi connectivity index (χ1) is 32.6. The summed E-state index contributed by atoms with van der Waals surface area (Å²) in [6.07, 6.45) is 14.0. The second-order valence-electron chi connectivity index (χ2n) is 21.0. The Hall–Kier alpha value is -3.37. The van der Waals surface area contributed by atoms with Gasteiger partial charge < -0.3 is 43.9 Å². The molecule has 0 aromatic carbocycles. The van der Waals surface area contributed by atoms with Gasteiger partial charge in [0.25, 0.3) is 11.7 Å². The van der Waals surface area contributed by atoms with Crippen molar-refractivity contribution in [2.75, 3.05) is 41.1 Å². The van der Waals surface area contributed by atoms with Crippen molar-refractivity contribution in [3.05, 3.63) is 47.6 Å². The number of aliphatic hydroxyl groups is 3. The van der Waals surface area contributed by atoms with Gasteiger partial charge in [-0.1, -0.05) is 84.4 Å². The summed E-state index contributed by atoms with van der Waals surface area (Å²) < 4.78 is 29.4. The highest BCUT2D eigenvalue weighted by Crippen LogP contribution is 2.36. The maximum Gasteiger partial charge on any atom is 0.329 e. The summed E-state index contributed by atoms with van der Waals surface area (Å²) in [7, 11) is 4.69. The fraction of sp³-hybridized carbons (Fsp3) is 0.764. The third-order valence-corrected chi connectivity index (χ3v) is 15.3. The minimum absolute atomic E-state index is 0.0457. The Morgan fingerprint density at radius 3 is 2.20 bits per heavy atom. The van der Waals surface area contributed by atoms with Crippen LogP contribution in [0.2, 0.25) is 0 Å². The molecule has 3 N–H and O–H groups in total. The van der Waals surface area contributed by atoms with Crippen LogP contribution in [0, 0.1) is 41.4 Å². The van der Waals surface area contributed by atoms with Crippen LogP contribution >= 0.6 is 0 Å². The number of hydrogen-bond acceptors (Lipinski definition) is 13. The zero-order chi connectivity index (χ0) is 51.6. The summed E-state index contributed by atoms with van der Waals surface area (Å²) in [4.78, 5) is 71.8. The van der Waals surface area contributed by atoms with Gasteiger partial charge in [-0.05, 0) is 126 Å². The summed E-state index contributed by atoms with van der Waals surface area (Å²) in [5.74, 6) is -4.83. The highest BCUT2D eigenvalue weighted by molar-refractivity contribution is 6.39. The molecule has 0 spiro atoms. The number of rotatable bonds is 9. The molecule has 392 valence electrons. The molecule has 1 saturated carbocycles. The molecule has 0 bridgehead atoms. The molecule has 2 aliphatic heterocycles. The van der Waals surface area contributed by atoms with Crippen molar-refractivity contribution in [3.63, 3.8) is 0 Å². The average molecular weight is 972 g/mol. The summed E-state index contributed by atoms with van der Waals surface area (Å²) in [5.41, 5.74) is -0.572. The van der Waals surface area contributed by atoms with Crippen LogP contribution in [0.5, 0.6) is 0 Å². The Bertz CT molecular complexity index is 1790. The highest BCUT2D eigenvalue weighted by atomic mass is 16.5. The molecule has 0 aromatic heterocycles. The number of carbonyl (C=O) groups is 5. The quantitative estimate of drug-likeness (QED) is 0.117. The summed E-state index contributed by atoms with van der Waals surface area (Å²) >= 11 is 0. The number of ether oxygens (including phenoxy) is 5. The van der Waals surface area contributed by atoms with E-state index in [2.05, 4.69) is 6.92 Å². The van der Waals surface area contributed by atoms with E-state index in [1.54, 1.807) is 41.1 Å². The molecular formula is C55H89NO13. The highest BCUT2D eigenvalue weighted by Gasteiger charge is 2.46. The van der Waals surface area contributed by atoms with E-state index in [1.165, 1.54) is 18.9 Å². The number of carbonyl (C=O) groups excluding carboxylic acids is 5. The van der Waals surface area contributed by atoms with Crippen LogP contribution in [0.15, 0.2) is 47.6 Å². The third kappa shape index (κ3) is 17.7. The molecule has 0 radical (unpaired) electrons. The lowest BCUT2D eigenvalue weighted by atomic mass is 9.78. The number of methoxy groups -OCH3 is 3.